The van der Waals surface area contributed by atoms with Crippen LogP contribution in [-0.4, -0.2) is 20.6 Å². The minimum absolute atomic E-state index is 0.0931. The molecule has 1 aromatic rings. The third-order valence-corrected chi connectivity index (χ3v) is 10.8. The van der Waals surface area contributed by atoms with Gasteiger partial charge in [0.05, 0.1) is 6.10 Å². The summed E-state index contributed by atoms with van der Waals surface area (Å²) >= 11 is 1.57. The van der Waals surface area contributed by atoms with Crippen LogP contribution in [0.3, 0.4) is 0 Å². The summed E-state index contributed by atoms with van der Waals surface area (Å²) in [7, 11) is 0. The number of rotatable bonds is 4. The molecular weight excluding hydrogens is 376 g/mol. The molecule has 1 N–H and O–H groups in total. The van der Waals surface area contributed by atoms with E-state index in [-0.39, 0.29) is 6.10 Å². The van der Waals surface area contributed by atoms with Crippen LogP contribution in [0.5, 0.6) is 0 Å². The number of aromatic nitrogens is 2. The second-order valence-corrected chi connectivity index (χ2v) is 12.1. The first-order valence-electron chi connectivity index (χ1n) is 12.0. The highest BCUT2D eigenvalue weighted by atomic mass is 32.1. The quantitative estimate of drug-likeness (QED) is 0.610. The molecule has 29 heavy (non-hydrogen) atoms. The average molecular weight is 415 g/mol. The summed E-state index contributed by atoms with van der Waals surface area (Å²) in [4.78, 5) is 4.40. The van der Waals surface area contributed by atoms with Gasteiger partial charge >= 0.3 is 0 Å². The van der Waals surface area contributed by atoms with Crippen LogP contribution in [0.15, 0.2) is 18.0 Å². The Balaban J connectivity index is 1.33. The van der Waals surface area contributed by atoms with Crippen LogP contribution in [0.2, 0.25) is 0 Å². The SMILES string of the molecule is C[C@H](CCc1ncns1)[C@H]1CC[C@H]2[C@@H]3CC=C4C[C@@H](O)CC[C@]4(C)[C@H]3CC[C@]12C. The van der Waals surface area contributed by atoms with Crippen LogP contribution in [0.4, 0.5) is 0 Å². The first-order valence-corrected chi connectivity index (χ1v) is 12.8. The lowest BCUT2D eigenvalue weighted by atomic mass is 9.47. The van der Waals surface area contributed by atoms with Crippen molar-refractivity contribution in [1.82, 2.24) is 9.36 Å². The number of nitrogens with zero attached hydrogens (tertiary/aromatic N) is 2. The van der Waals surface area contributed by atoms with Crippen molar-refractivity contribution >= 4 is 11.5 Å². The first-order chi connectivity index (χ1) is 13.9. The maximum Gasteiger partial charge on any atom is 0.129 e. The van der Waals surface area contributed by atoms with Crippen molar-refractivity contribution in [3.63, 3.8) is 0 Å². The monoisotopic (exact) mass is 414 g/mol. The zero-order valence-electron chi connectivity index (χ0n) is 18.4. The highest BCUT2D eigenvalue weighted by Crippen LogP contribution is 2.67. The summed E-state index contributed by atoms with van der Waals surface area (Å²) in [6.07, 6.45) is 16.6. The third-order valence-electron chi connectivity index (χ3n) is 10.1. The van der Waals surface area contributed by atoms with E-state index in [2.05, 4.69) is 36.2 Å². The molecule has 3 saturated carbocycles. The Hall–Kier alpha value is -0.740. The molecule has 1 aromatic heterocycles. The molecule has 3 nitrogen and oxygen atoms in total. The first kappa shape index (κ1) is 20.2. The molecule has 4 aliphatic rings. The van der Waals surface area contributed by atoms with Crippen LogP contribution in [0.25, 0.3) is 0 Å². The van der Waals surface area contributed by atoms with Gasteiger partial charge in [0.1, 0.15) is 11.3 Å². The van der Waals surface area contributed by atoms with Gasteiger partial charge in [-0.15, -0.1) is 0 Å². The van der Waals surface area contributed by atoms with Crippen LogP contribution in [0.1, 0.15) is 83.6 Å². The fourth-order valence-corrected chi connectivity index (χ4v) is 8.99. The van der Waals surface area contributed by atoms with Gasteiger partial charge in [-0.1, -0.05) is 32.4 Å². The highest BCUT2D eigenvalue weighted by molar-refractivity contribution is 7.05. The number of aliphatic hydroxyl groups excluding tert-OH is 1. The molecule has 0 aromatic carbocycles. The number of hydrogen-bond acceptors (Lipinski definition) is 4. The number of hydrogen-bond donors (Lipinski definition) is 1. The van der Waals surface area contributed by atoms with E-state index in [1.807, 2.05) is 0 Å². The van der Waals surface area contributed by atoms with E-state index in [1.54, 1.807) is 23.4 Å². The van der Waals surface area contributed by atoms with Gasteiger partial charge in [-0.2, -0.15) is 4.37 Å². The Kier molecular flexibility index (Phi) is 5.18. The molecule has 5 rings (SSSR count). The fraction of sp³-hybridized carbons (Fsp3) is 0.840. The lowest BCUT2D eigenvalue weighted by molar-refractivity contribution is -0.0571. The van der Waals surface area contributed by atoms with Crippen molar-refractivity contribution in [1.29, 1.82) is 0 Å². The predicted molar refractivity (Wildman–Crippen MR) is 119 cm³/mol. The summed E-state index contributed by atoms with van der Waals surface area (Å²) in [5.74, 6) is 4.27. The Morgan fingerprint density at radius 2 is 2.03 bits per heavy atom. The van der Waals surface area contributed by atoms with Crippen LogP contribution < -0.4 is 0 Å². The fourth-order valence-electron chi connectivity index (χ4n) is 8.48. The molecule has 160 valence electrons. The number of allylic oxidation sites excluding steroid dienone is 1. The standard InChI is InChI=1S/C25H38N2OS/c1-16(4-9-23-26-15-27-29-23)20-7-8-21-19-6-5-17-14-18(28)10-12-24(17,2)22(19)11-13-25(20,21)3/h5,15-16,18-22,28H,4,6-14H2,1-3H3/t16-,18+,19+,20-,21+,22+,24+,25-/m1/s1. The molecule has 0 unspecified atom stereocenters. The second-order valence-electron chi connectivity index (χ2n) is 11.2. The summed E-state index contributed by atoms with van der Waals surface area (Å²) in [5, 5.41) is 11.4. The third kappa shape index (κ3) is 3.24. The van der Waals surface area contributed by atoms with Gasteiger partial charge in [-0.05, 0) is 110 Å². The second kappa shape index (κ2) is 7.44. The highest BCUT2D eigenvalue weighted by Gasteiger charge is 2.59. The minimum Gasteiger partial charge on any atom is -0.393 e. The Morgan fingerprint density at radius 3 is 2.83 bits per heavy atom. The molecule has 8 atom stereocenters. The molecule has 0 radical (unpaired) electrons. The van der Waals surface area contributed by atoms with E-state index in [1.165, 1.54) is 50.0 Å². The van der Waals surface area contributed by atoms with Crippen molar-refractivity contribution in [3.8, 4) is 0 Å². The van der Waals surface area contributed by atoms with Gasteiger partial charge in [0.2, 0.25) is 0 Å². The van der Waals surface area contributed by atoms with Crippen molar-refractivity contribution in [2.45, 2.75) is 91.1 Å². The van der Waals surface area contributed by atoms with Crippen LogP contribution in [-0.2, 0) is 6.42 Å². The molecule has 0 aliphatic heterocycles. The van der Waals surface area contributed by atoms with E-state index in [0.29, 0.717) is 10.8 Å². The summed E-state index contributed by atoms with van der Waals surface area (Å²) in [6.45, 7) is 7.70. The smallest absolute Gasteiger partial charge is 0.129 e. The van der Waals surface area contributed by atoms with E-state index in [9.17, 15) is 5.11 Å². The number of aliphatic hydroxyl groups is 1. The van der Waals surface area contributed by atoms with Gasteiger partial charge in [0.15, 0.2) is 0 Å². The molecule has 4 aliphatic carbocycles. The zero-order valence-corrected chi connectivity index (χ0v) is 19.3. The normalized spacial score (nSPS) is 45.1. The minimum atomic E-state index is -0.0931. The maximum absolute atomic E-state index is 10.2. The van der Waals surface area contributed by atoms with Crippen molar-refractivity contribution < 1.29 is 5.11 Å². The van der Waals surface area contributed by atoms with Gasteiger partial charge in [-0.3, -0.25) is 0 Å². The molecule has 0 amide bonds. The lowest BCUT2D eigenvalue weighted by Crippen LogP contribution is -2.50. The van der Waals surface area contributed by atoms with Gasteiger partial charge in [-0.25, -0.2) is 4.98 Å². The average Bonchev–Trinajstić information content (AvgIpc) is 3.34. The van der Waals surface area contributed by atoms with Gasteiger partial charge < -0.3 is 5.11 Å². The Labute approximate surface area is 180 Å². The number of aryl methyl sites for hydroxylation is 1. The molecule has 4 heteroatoms. The van der Waals surface area contributed by atoms with E-state index in [4.69, 9.17) is 0 Å². The van der Waals surface area contributed by atoms with E-state index in [0.717, 1.165) is 48.9 Å². The van der Waals surface area contributed by atoms with Gasteiger partial charge in [0.25, 0.3) is 0 Å². The van der Waals surface area contributed by atoms with E-state index < -0.39 is 0 Å². The zero-order chi connectivity index (χ0) is 20.2. The molecule has 0 bridgehead atoms. The summed E-state index contributed by atoms with van der Waals surface area (Å²) < 4.78 is 4.18. The van der Waals surface area contributed by atoms with Crippen molar-refractivity contribution in [2.75, 3.05) is 0 Å². The largest absolute Gasteiger partial charge is 0.393 e. The van der Waals surface area contributed by atoms with Crippen LogP contribution >= 0.6 is 11.5 Å². The Morgan fingerprint density at radius 1 is 1.17 bits per heavy atom. The molecular formula is C25H38N2OS. The topological polar surface area (TPSA) is 46.0 Å². The van der Waals surface area contributed by atoms with Crippen LogP contribution in [0, 0.1) is 40.4 Å². The summed E-state index contributed by atoms with van der Waals surface area (Å²) in [5.41, 5.74) is 2.49. The van der Waals surface area contributed by atoms with E-state index >= 15 is 0 Å². The van der Waals surface area contributed by atoms with Crippen molar-refractivity contribution in [3.05, 3.63) is 23.0 Å². The van der Waals surface area contributed by atoms with Gasteiger partial charge in [0, 0.05) is 6.42 Å². The van der Waals surface area contributed by atoms with Crippen molar-refractivity contribution in [2.24, 2.45) is 40.4 Å². The lowest BCUT2D eigenvalue weighted by Gasteiger charge is -2.58. The number of fused-ring (bicyclic) bond motifs is 5. The summed E-state index contributed by atoms with van der Waals surface area (Å²) in [6, 6.07) is 0. The maximum atomic E-state index is 10.2. The Bertz CT molecular complexity index is 761. The molecule has 0 spiro atoms. The molecule has 3 fully saturated rings. The predicted octanol–water partition coefficient (Wildman–Crippen LogP) is 6.05. The molecule has 0 saturated heterocycles. The molecule has 1 heterocycles.